The Kier molecular flexibility index (Phi) is 3.24. The van der Waals surface area contributed by atoms with E-state index in [0.717, 1.165) is 5.69 Å². The lowest BCUT2D eigenvalue weighted by molar-refractivity contribution is 0.102. The molecule has 1 amide bonds. The molecule has 0 saturated carbocycles. The summed E-state index contributed by atoms with van der Waals surface area (Å²) in [7, 11) is 0. The molecule has 4 rings (SSSR count). The third-order valence-electron chi connectivity index (χ3n) is 3.55. The van der Waals surface area contributed by atoms with Crippen LogP contribution in [0.15, 0.2) is 70.3 Å². The number of fused-ring (bicyclic) bond motifs is 1. The molecule has 0 atom stereocenters. The SMILES string of the molecule is O=C(Nc1ccc2oc(=O)[nH]c2c1)c1cn(-c2ccccc2)cn1. The molecule has 0 fully saturated rings. The summed E-state index contributed by atoms with van der Waals surface area (Å²) in [6, 6.07) is 14.5. The van der Waals surface area contributed by atoms with Crippen LogP contribution in [-0.4, -0.2) is 20.4 Å². The monoisotopic (exact) mass is 320 g/mol. The molecule has 0 aliphatic heterocycles. The van der Waals surface area contributed by atoms with Crippen molar-refractivity contribution in [3.63, 3.8) is 0 Å². The molecule has 7 nitrogen and oxygen atoms in total. The topological polar surface area (TPSA) is 92.9 Å². The summed E-state index contributed by atoms with van der Waals surface area (Å²) in [6.45, 7) is 0. The molecule has 0 aliphatic rings. The van der Waals surface area contributed by atoms with Crippen molar-refractivity contribution in [1.29, 1.82) is 0 Å². The van der Waals surface area contributed by atoms with Gasteiger partial charge >= 0.3 is 5.76 Å². The molecular formula is C17H12N4O3. The van der Waals surface area contributed by atoms with Crippen LogP contribution in [0.3, 0.4) is 0 Å². The standard InChI is InChI=1S/C17H12N4O3/c22-16(14-9-21(10-18-14)12-4-2-1-3-5-12)19-11-6-7-15-13(8-11)20-17(23)24-15/h1-10H,(H,19,22)(H,20,23). The summed E-state index contributed by atoms with van der Waals surface area (Å²) in [6.07, 6.45) is 3.24. The number of aromatic amines is 1. The summed E-state index contributed by atoms with van der Waals surface area (Å²) in [4.78, 5) is 30.2. The van der Waals surface area contributed by atoms with Crippen molar-refractivity contribution in [1.82, 2.24) is 14.5 Å². The second-order valence-corrected chi connectivity index (χ2v) is 5.18. The molecule has 2 N–H and O–H groups in total. The number of aromatic nitrogens is 3. The lowest BCUT2D eigenvalue weighted by atomic mass is 10.3. The zero-order valence-electron chi connectivity index (χ0n) is 12.4. The molecule has 0 saturated heterocycles. The lowest BCUT2D eigenvalue weighted by Gasteiger charge is -2.03. The molecule has 0 aliphatic carbocycles. The number of anilines is 1. The largest absolute Gasteiger partial charge is 0.417 e. The molecule has 24 heavy (non-hydrogen) atoms. The Morgan fingerprint density at radius 1 is 1.17 bits per heavy atom. The Balaban J connectivity index is 1.57. The van der Waals surface area contributed by atoms with Crippen molar-refractivity contribution in [3.05, 3.63) is 77.3 Å². The van der Waals surface area contributed by atoms with Crippen LogP contribution in [0, 0.1) is 0 Å². The number of imidazole rings is 1. The highest BCUT2D eigenvalue weighted by Crippen LogP contribution is 2.17. The Bertz CT molecular complexity index is 1080. The quantitative estimate of drug-likeness (QED) is 0.607. The first-order chi connectivity index (χ1) is 11.7. The maximum Gasteiger partial charge on any atom is 0.417 e. The van der Waals surface area contributed by atoms with Gasteiger partial charge in [-0.2, -0.15) is 0 Å². The number of amides is 1. The average Bonchev–Trinajstić information content (AvgIpc) is 3.21. The number of H-pyrrole nitrogens is 1. The van der Waals surface area contributed by atoms with Gasteiger partial charge in [0.25, 0.3) is 5.91 Å². The number of rotatable bonds is 3. The van der Waals surface area contributed by atoms with Gasteiger partial charge in [0.05, 0.1) is 5.52 Å². The van der Waals surface area contributed by atoms with Crippen LogP contribution in [0.5, 0.6) is 0 Å². The summed E-state index contributed by atoms with van der Waals surface area (Å²) in [5.74, 6) is -0.870. The number of para-hydroxylation sites is 1. The van der Waals surface area contributed by atoms with Crippen molar-refractivity contribution in [3.8, 4) is 5.69 Å². The van der Waals surface area contributed by atoms with Crippen LogP contribution in [-0.2, 0) is 0 Å². The number of hydrogen-bond donors (Lipinski definition) is 2. The molecule has 0 radical (unpaired) electrons. The molecule has 2 aromatic carbocycles. The van der Waals surface area contributed by atoms with Crippen LogP contribution in [0.4, 0.5) is 5.69 Å². The Hall–Kier alpha value is -3.61. The molecule has 0 unspecified atom stereocenters. The van der Waals surface area contributed by atoms with Crippen molar-refractivity contribution >= 4 is 22.7 Å². The minimum absolute atomic E-state index is 0.291. The van der Waals surface area contributed by atoms with Crippen LogP contribution in [0.25, 0.3) is 16.8 Å². The first kappa shape index (κ1) is 14.0. The van der Waals surface area contributed by atoms with E-state index < -0.39 is 5.76 Å². The van der Waals surface area contributed by atoms with Gasteiger partial charge in [-0.1, -0.05) is 18.2 Å². The molecule has 4 aromatic rings. The van der Waals surface area contributed by atoms with E-state index in [1.165, 1.54) is 0 Å². The first-order valence-corrected chi connectivity index (χ1v) is 7.23. The molecule has 118 valence electrons. The molecular weight excluding hydrogens is 308 g/mol. The third kappa shape index (κ3) is 2.58. The number of benzene rings is 2. The second-order valence-electron chi connectivity index (χ2n) is 5.18. The summed E-state index contributed by atoms with van der Waals surface area (Å²) in [5, 5.41) is 2.75. The van der Waals surface area contributed by atoms with E-state index in [-0.39, 0.29) is 5.91 Å². The zero-order valence-corrected chi connectivity index (χ0v) is 12.4. The molecule has 7 heteroatoms. The molecule has 0 bridgehead atoms. The second kappa shape index (κ2) is 5.54. The molecule has 2 aromatic heterocycles. The highest BCUT2D eigenvalue weighted by molar-refractivity contribution is 6.03. The first-order valence-electron chi connectivity index (χ1n) is 7.23. The summed E-state index contributed by atoms with van der Waals surface area (Å²) in [5.41, 5.74) is 2.71. The fourth-order valence-corrected chi connectivity index (χ4v) is 2.41. The van der Waals surface area contributed by atoms with Gasteiger partial charge in [-0.15, -0.1) is 0 Å². The number of carbonyl (C=O) groups is 1. The van der Waals surface area contributed by atoms with E-state index in [1.54, 1.807) is 35.3 Å². The fourth-order valence-electron chi connectivity index (χ4n) is 2.41. The van der Waals surface area contributed by atoms with Crippen molar-refractivity contribution in [2.24, 2.45) is 0 Å². The average molecular weight is 320 g/mol. The van der Waals surface area contributed by atoms with E-state index in [1.807, 2.05) is 30.3 Å². The number of hydrogen-bond acceptors (Lipinski definition) is 4. The van der Waals surface area contributed by atoms with Gasteiger partial charge < -0.3 is 14.3 Å². The van der Waals surface area contributed by atoms with Crippen molar-refractivity contribution in [2.75, 3.05) is 5.32 Å². The van der Waals surface area contributed by atoms with Gasteiger partial charge in [-0.3, -0.25) is 9.78 Å². The lowest BCUT2D eigenvalue weighted by Crippen LogP contribution is -2.12. The van der Waals surface area contributed by atoms with Crippen LogP contribution >= 0.6 is 0 Å². The third-order valence-corrected chi connectivity index (χ3v) is 3.55. The van der Waals surface area contributed by atoms with Crippen LogP contribution < -0.4 is 11.1 Å². The fraction of sp³-hybridized carbons (Fsp3) is 0. The number of nitrogens with zero attached hydrogens (tertiary/aromatic N) is 2. The van der Waals surface area contributed by atoms with E-state index in [9.17, 15) is 9.59 Å². The minimum atomic E-state index is -0.532. The molecule has 0 spiro atoms. The summed E-state index contributed by atoms with van der Waals surface area (Å²) >= 11 is 0. The Labute approximate surface area is 135 Å². The van der Waals surface area contributed by atoms with Crippen molar-refractivity contribution in [2.45, 2.75) is 0 Å². The minimum Gasteiger partial charge on any atom is -0.408 e. The molecule has 2 heterocycles. The Morgan fingerprint density at radius 3 is 2.83 bits per heavy atom. The van der Waals surface area contributed by atoms with Gasteiger partial charge in [0.1, 0.15) is 12.0 Å². The van der Waals surface area contributed by atoms with E-state index in [2.05, 4.69) is 15.3 Å². The van der Waals surface area contributed by atoms with E-state index in [0.29, 0.717) is 22.5 Å². The van der Waals surface area contributed by atoms with E-state index in [4.69, 9.17) is 4.42 Å². The maximum atomic E-state index is 12.3. The number of nitrogens with one attached hydrogen (secondary N) is 2. The maximum absolute atomic E-state index is 12.3. The predicted octanol–water partition coefficient (Wildman–Crippen LogP) is 2.56. The normalized spacial score (nSPS) is 10.8. The smallest absolute Gasteiger partial charge is 0.408 e. The van der Waals surface area contributed by atoms with Crippen LogP contribution in [0.2, 0.25) is 0 Å². The van der Waals surface area contributed by atoms with Gasteiger partial charge in [0.15, 0.2) is 5.58 Å². The van der Waals surface area contributed by atoms with Gasteiger partial charge in [-0.05, 0) is 30.3 Å². The van der Waals surface area contributed by atoms with Gasteiger partial charge in [0, 0.05) is 17.6 Å². The highest BCUT2D eigenvalue weighted by atomic mass is 16.4. The van der Waals surface area contributed by atoms with Crippen LogP contribution in [0.1, 0.15) is 10.5 Å². The van der Waals surface area contributed by atoms with Gasteiger partial charge in [0.2, 0.25) is 0 Å². The van der Waals surface area contributed by atoms with E-state index >= 15 is 0 Å². The van der Waals surface area contributed by atoms with Gasteiger partial charge in [-0.25, -0.2) is 9.78 Å². The van der Waals surface area contributed by atoms with Crippen molar-refractivity contribution < 1.29 is 9.21 Å². The number of carbonyl (C=O) groups excluding carboxylic acids is 1. The highest BCUT2D eigenvalue weighted by Gasteiger charge is 2.11. The summed E-state index contributed by atoms with van der Waals surface area (Å²) < 4.78 is 6.69. The zero-order chi connectivity index (χ0) is 16.5. The predicted molar refractivity (Wildman–Crippen MR) is 88.4 cm³/mol. The number of oxazole rings is 1. The Morgan fingerprint density at radius 2 is 2.00 bits per heavy atom.